The number of nitro groups is 1. The Hall–Kier alpha value is -3.09. The summed E-state index contributed by atoms with van der Waals surface area (Å²) in [6.45, 7) is 6.73. The van der Waals surface area contributed by atoms with Crippen LogP contribution in [0.3, 0.4) is 0 Å². The molecule has 0 amide bonds. The lowest BCUT2D eigenvalue weighted by Gasteiger charge is -2.16. The number of esters is 1. The van der Waals surface area contributed by atoms with Crippen molar-refractivity contribution >= 4 is 17.3 Å². The molecule has 0 fully saturated rings. The summed E-state index contributed by atoms with van der Waals surface area (Å²) < 4.78 is 11.4. The first kappa shape index (κ1) is 33.1. The molecule has 0 saturated carbocycles. The standard InChI is InChI=1S/C33H50N2O5/c1-4-6-8-10-11-12-13-14-15-17-23-39-33(36)28-21-19-27(20-22-28)29-24-31(35(37)38)32(25-30(29)34)40-26(3)18-16-9-7-5-2/h19-22,24-26H,4-18,23,34H2,1-3H3/t26-/m0/s1. The number of nitrogens with zero attached hydrogens (tertiary/aromatic N) is 1. The molecule has 0 aromatic heterocycles. The summed E-state index contributed by atoms with van der Waals surface area (Å²) in [5, 5.41) is 11.8. The lowest BCUT2D eigenvalue weighted by atomic mass is 10.0. The van der Waals surface area contributed by atoms with Crippen LogP contribution in [-0.2, 0) is 4.74 Å². The van der Waals surface area contributed by atoms with Crippen molar-refractivity contribution in [1.29, 1.82) is 0 Å². The minimum absolute atomic E-state index is 0.121. The smallest absolute Gasteiger partial charge is 0.338 e. The zero-order valence-corrected chi connectivity index (χ0v) is 24.9. The van der Waals surface area contributed by atoms with E-state index in [0.29, 0.717) is 29.0 Å². The SMILES string of the molecule is CCCCCCCCCCCCOC(=O)c1ccc(-c2cc([N+](=O)[O-])c(O[C@@H](C)CCCCCC)cc2N)cc1. The molecule has 2 aromatic carbocycles. The Balaban J connectivity index is 1.86. The van der Waals surface area contributed by atoms with E-state index >= 15 is 0 Å². The van der Waals surface area contributed by atoms with Gasteiger partial charge >= 0.3 is 11.7 Å². The molecule has 0 saturated heterocycles. The van der Waals surface area contributed by atoms with Crippen molar-refractivity contribution in [2.24, 2.45) is 0 Å². The number of benzene rings is 2. The molecule has 0 aliphatic carbocycles. The van der Waals surface area contributed by atoms with Crippen molar-refractivity contribution in [3.63, 3.8) is 0 Å². The van der Waals surface area contributed by atoms with Gasteiger partial charge in [-0.05, 0) is 43.9 Å². The summed E-state index contributed by atoms with van der Waals surface area (Å²) in [7, 11) is 0. The molecule has 2 rings (SSSR count). The van der Waals surface area contributed by atoms with Crippen molar-refractivity contribution in [3.05, 3.63) is 52.1 Å². The lowest BCUT2D eigenvalue weighted by Crippen LogP contribution is -2.13. The molecule has 0 aliphatic rings. The highest BCUT2D eigenvalue weighted by Gasteiger charge is 2.21. The number of nitro benzene ring substituents is 1. The zero-order chi connectivity index (χ0) is 29.2. The molecule has 7 nitrogen and oxygen atoms in total. The third-order valence-corrected chi connectivity index (χ3v) is 7.28. The molecule has 0 radical (unpaired) electrons. The summed E-state index contributed by atoms with van der Waals surface area (Å²) in [6.07, 6.45) is 17.4. The second-order valence-electron chi connectivity index (χ2n) is 10.8. The molecule has 222 valence electrons. The molecule has 1 atom stereocenters. The Morgan fingerprint density at radius 3 is 1.98 bits per heavy atom. The van der Waals surface area contributed by atoms with Gasteiger partial charge in [0.1, 0.15) is 0 Å². The fourth-order valence-corrected chi connectivity index (χ4v) is 4.83. The van der Waals surface area contributed by atoms with Gasteiger partial charge in [-0.1, -0.05) is 103 Å². The average molecular weight is 555 g/mol. The largest absolute Gasteiger partial charge is 0.484 e. The van der Waals surface area contributed by atoms with E-state index in [2.05, 4.69) is 13.8 Å². The van der Waals surface area contributed by atoms with Gasteiger partial charge in [0.15, 0.2) is 5.75 Å². The molecule has 2 aromatic rings. The molecule has 7 heteroatoms. The van der Waals surface area contributed by atoms with E-state index in [9.17, 15) is 14.9 Å². The number of unbranched alkanes of at least 4 members (excludes halogenated alkanes) is 12. The van der Waals surface area contributed by atoms with Crippen molar-refractivity contribution in [2.75, 3.05) is 12.3 Å². The Morgan fingerprint density at radius 2 is 1.40 bits per heavy atom. The highest BCUT2D eigenvalue weighted by molar-refractivity contribution is 5.90. The van der Waals surface area contributed by atoms with E-state index in [-0.39, 0.29) is 23.5 Å². The van der Waals surface area contributed by atoms with Gasteiger partial charge in [0.25, 0.3) is 0 Å². The number of carbonyl (C=O) groups excluding carboxylic acids is 1. The predicted molar refractivity (Wildman–Crippen MR) is 164 cm³/mol. The Kier molecular flexibility index (Phi) is 15.8. The van der Waals surface area contributed by atoms with Crippen LogP contribution in [0.25, 0.3) is 11.1 Å². The number of ether oxygens (including phenoxy) is 2. The molecule has 0 bridgehead atoms. The summed E-state index contributed by atoms with van der Waals surface area (Å²) in [4.78, 5) is 23.8. The van der Waals surface area contributed by atoms with Crippen molar-refractivity contribution < 1.29 is 19.2 Å². The van der Waals surface area contributed by atoms with Gasteiger partial charge in [0.05, 0.1) is 23.2 Å². The second kappa shape index (κ2) is 19.1. The highest BCUT2D eigenvalue weighted by Crippen LogP contribution is 2.38. The Bertz CT molecular complexity index is 1020. The maximum absolute atomic E-state index is 12.5. The number of carbonyl (C=O) groups is 1. The number of hydrogen-bond donors (Lipinski definition) is 1. The summed E-state index contributed by atoms with van der Waals surface area (Å²) in [5.41, 5.74) is 8.22. The van der Waals surface area contributed by atoms with Gasteiger partial charge in [-0.3, -0.25) is 10.1 Å². The normalized spacial score (nSPS) is 11.8. The van der Waals surface area contributed by atoms with Crippen LogP contribution in [0.15, 0.2) is 36.4 Å². The van der Waals surface area contributed by atoms with E-state index in [0.717, 1.165) is 38.5 Å². The molecule has 2 N–H and O–H groups in total. The summed E-state index contributed by atoms with van der Waals surface area (Å²) >= 11 is 0. The first-order valence-corrected chi connectivity index (χ1v) is 15.4. The van der Waals surface area contributed by atoms with Crippen LogP contribution in [0.5, 0.6) is 5.75 Å². The molecule has 0 spiro atoms. The lowest BCUT2D eigenvalue weighted by molar-refractivity contribution is -0.386. The van der Waals surface area contributed by atoms with Gasteiger partial charge in [-0.25, -0.2) is 4.79 Å². The molecular formula is C33H50N2O5. The van der Waals surface area contributed by atoms with Crippen LogP contribution in [0, 0.1) is 10.1 Å². The molecule has 0 aliphatic heterocycles. The Labute approximate surface area is 241 Å². The number of anilines is 1. The van der Waals surface area contributed by atoms with Gasteiger partial charge in [-0.15, -0.1) is 0 Å². The van der Waals surface area contributed by atoms with Crippen LogP contribution < -0.4 is 10.5 Å². The first-order valence-electron chi connectivity index (χ1n) is 15.4. The van der Waals surface area contributed by atoms with Gasteiger partial charge in [-0.2, -0.15) is 0 Å². The summed E-state index contributed by atoms with van der Waals surface area (Å²) in [5.74, 6) is -0.181. The zero-order valence-electron chi connectivity index (χ0n) is 24.9. The molecular weight excluding hydrogens is 504 g/mol. The van der Waals surface area contributed by atoms with Gasteiger partial charge < -0.3 is 15.2 Å². The fraction of sp³-hybridized carbons (Fsp3) is 0.606. The van der Waals surface area contributed by atoms with Gasteiger partial charge in [0.2, 0.25) is 0 Å². The predicted octanol–water partition coefficient (Wildman–Crippen LogP) is 9.66. The van der Waals surface area contributed by atoms with Crippen LogP contribution in [-0.4, -0.2) is 23.6 Å². The third-order valence-electron chi connectivity index (χ3n) is 7.28. The molecule has 0 heterocycles. The molecule has 40 heavy (non-hydrogen) atoms. The molecule has 0 unspecified atom stereocenters. The van der Waals surface area contributed by atoms with E-state index in [1.807, 2.05) is 6.92 Å². The average Bonchev–Trinajstić information content (AvgIpc) is 2.94. The van der Waals surface area contributed by atoms with Crippen LogP contribution in [0.2, 0.25) is 0 Å². The Morgan fingerprint density at radius 1 is 0.850 bits per heavy atom. The monoisotopic (exact) mass is 554 g/mol. The minimum atomic E-state index is -0.443. The second-order valence-corrected chi connectivity index (χ2v) is 10.8. The maximum Gasteiger partial charge on any atom is 0.338 e. The topological polar surface area (TPSA) is 105 Å². The van der Waals surface area contributed by atoms with Crippen LogP contribution in [0.4, 0.5) is 11.4 Å². The number of rotatable bonds is 21. The van der Waals surface area contributed by atoms with Gasteiger partial charge in [0, 0.05) is 23.4 Å². The number of hydrogen-bond acceptors (Lipinski definition) is 6. The van der Waals surface area contributed by atoms with E-state index in [1.54, 1.807) is 24.3 Å². The quantitative estimate of drug-likeness (QED) is 0.0541. The van der Waals surface area contributed by atoms with Crippen molar-refractivity contribution in [2.45, 2.75) is 123 Å². The first-order chi connectivity index (χ1) is 19.4. The van der Waals surface area contributed by atoms with Crippen LogP contribution >= 0.6 is 0 Å². The number of nitrogen functional groups attached to an aromatic ring is 1. The van der Waals surface area contributed by atoms with Crippen molar-refractivity contribution in [3.8, 4) is 16.9 Å². The third kappa shape index (κ3) is 12.0. The van der Waals surface area contributed by atoms with E-state index in [1.165, 1.54) is 69.9 Å². The summed E-state index contributed by atoms with van der Waals surface area (Å²) in [6, 6.07) is 9.80. The van der Waals surface area contributed by atoms with Crippen LogP contribution in [0.1, 0.15) is 127 Å². The highest BCUT2D eigenvalue weighted by atomic mass is 16.6. The van der Waals surface area contributed by atoms with E-state index < -0.39 is 4.92 Å². The fourth-order valence-electron chi connectivity index (χ4n) is 4.83. The van der Waals surface area contributed by atoms with E-state index in [4.69, 9.17) is 15.2 Å². The maximum atomic E-state index is 12.5. The number of nitrogens with two attached hydrogens (primary N) is 1. The van der Waals surface area contributed by atoms with Crippen molar-refractivity contribution in [1.82, 2.24) is 0 Å². The minimum Gasteiger partial charge on any atom is -0.484 e.